The average molecular weight is 312 g/mol. The third-order valence-electron chi connectivity index (χ3n) is 6.90. The van der Waals surface area contributed by atoms with Crippen LogP contribution in [0.2, 0.25) is 0 Å². The van der Waals surface area contributed by atoms with Gasteiger partial charge in [-0.15, -0.1) is 0 Å². The van der Waals surface area contributed by atoms with Crippen LogP contribution in [0.5, 0.6) is 0 Å². The van der Waals surface area contributed by atoms with E-state index in [1.165, 1.54) is 63.0 Å². The highest BCUT2D eigenvalue weighted by atomic mass is 16.5. The Morgan fingerprint density at radius 1 is 1.26 bits per heavy atom. The first-order valence-corrected chi connectivity index (χ1v) is 9.45. The molecule has 4 aliphatic heterocycles. The van der Waals surface area contributed by atoms with E-state index in [1.807, 2.05) is 0 Å². The Morgan fingerprint density at radius 3 is 2.87 bits per heavy atom. The number of hydrogen-bond acceptors (Lipinski definition) is 3. The second kappa shape index (κ2) is 5.22. The van der Waals surface area contributed by atoms with E-state index in [2.05, 4.69) is 35.3 Å². The first-order valence-electron chi connectivity index (χ1n) is 9.45. The van der Waals surface area contributed by atoms with E-state index in [0.29, 0.717) is 17.6 Å². The summed E-state index contributed by atoms with van der Waals surface area (Å²) in [4.78, 5) is 2.72. The smallest absolute Gasteiger partial charge is 0.0621 e. The molecule has 3 nitrogen and oxygen atoms in total. The zero-order valence-corrected chi connectivity index (χ0v) is 14.2. The van der Waals surface area contributed by atoms with Gasteiger partial charge in [-0.25, -0.2) is 0 Å². The van der Waals surface area contributed by atoms with Gasteiger partial charge in [-0.1, -0.05) is 17.7 Å². The molecule has 1 N–H and O–H groups in total. The van der Waals surface area contributed by atoms with Crippen LogP contribution in [0, 0.1) is 12.8 Å². The summed E-state index contributed by atoms with van der Waals surface area (Å²) in [6.45, 7) is 7.13. The number of rotatable bonds is 2. The maximum absolute atomic E-state index is 6.04. The molecule has 3 atom stereocenters. The van der Waals surface area contributed by atoms with Gasteiger partial charge >= 0.3 is 0 Å². The molecule has 0 aromatic heterocycles. The van der Waals surface area contributed by atoms with Crippen LogP contribution in [0.25, 0.3) is 0 Å². The fourth-order valence-corrected chi connectivity index (χ4v) is 5.49. The summed E-state index contributed by atoms with van der Waals surface area (Å²) in [5.74, 6) is 0.805. The van der Waals surface area contributed by atoms with Gasteiger partial charge in [0.25, 0.3) is 0 Å². The van der Waals surface area contributed by atoms with E-state index in [-0.39, 0.29) is 0 Å². The fraction of sp³-hybridized carbons (Fsp3) is 0.700. The molecular weight excluding hydrogens is 284 g/mol. The summed E-state index contributed by atoms with van der Waals surface area (Å²) in [6, 6.07) is 6.93. The molecule has 3 saturated heterocycles. The van der Waals surface area contributed by atoms with Gasteiger partial charge in [-0.2, -0.15) is 0 Å². The number of anilines is 1. The molecule has 1 aromatic carbocycles. The zero-order valence-electron chi connectivity index (χ0n) is 14.2. The van der Waals surface area contributed by atoms with Gasteiger partial charge in [0.2, 0.25) is 0 Å². The zero-order chi connectivity index (χ0) is 15.4. The summed E-state index contributed by atoms with van der Waals surface area (Å²) in [6.07, 6.45) is 7.71. The summed E-state index contributed by atoms with van der Waals surface area (Å²) in [5, 5.41) is 3.66. The van der Waals surface area contributed by atoms with Crippen molar-refractivity contribution >= 4 is 5.69 Å². The number of benzene rings is 1. The monoisotopic (exact) mass is 312 g/mol. The van der Waals surface area contributed by atoms with Crippen molar-refractivity contribution in [2.45, 2.75) is 56.7 Å². The number of nitrogens with zero attached hydrogens (tertiary/aromatic N) is 1. The molecular formula is C20H28N2O. The first kappa shape index (κ1) is 14.3. The lowest BCUT2D eigenvalue weighted by Crippen LogP contribution is -2.46. The SMILES string of the molecule is Cc1ccc2c(c1)C1(CCN(CC3CC4CCC3O4)CC1)CN2. The Hall–Kier alpha value is -1.06. The third kappa shape index (κ3) is 2.32. The van der Waals surface area contributed by atoms with E-state index < -0.39 is 0 Å². The molecule has 2 bridgehead atoms. The molecule has 0 saturated carbocycles. The van der Waals surface area contributed by atoms with Crippen LogP contribution in [0.1, 0.15) is 43.2 Å². The van der Waals surface area contributed by atoms with Crippen molar-refractivity contribution in [2.24, 2.45) is 5.92 Å². The van der Waals surface area contributed by atoms with Crippen LogP contribution in [0.4, 0.5) is 5.69 Å². The standard InChI is InChI=1S/C20H28N2O/c1-14-2-4-18-17(10-14)20(13-21-18)6-8-22(9-7-20)12-15-11-16-3-5-19(15)23-16/h2,4,10,15-16,19,21H,3,5-9,11-13H2,1H3. The van der Waals surface area contributed by atoms with Crippen LogP contribution in [0.15, 0.2) is 18.2 Å². The van der Waals surface area contributed by atoms with Gasteiger partial charge in [0.1, 0.15) is 0 Å². The number of nitrogens with one attached hydrogen (secondary N) is 1. The summed E-state index contributed by atoms with van der Waals surface area (Å²) in [7, 11) is 0. The van der Waals surface area contributed by atoms with Crippen molar-refractivity contribution in [1.82, 2.24) is 4.90 Å². The van der Waals surface area contributed by atoms with Gasteiger partial charge in [-0.3, -0.25) is 0 Å². The second-order valence-corrected chi connectivity index (χ2v) is 8.35. The van der Waals surface area contributed by atoms with Crippen LogP contribution in [-0.4, -0.2) is 43.3 Å². The third-order valence-corrected chi connectivity index (χ3v) is 6.90. The molecule has 3 fully saturated rings. The minimum absolute atomic E-state index is 0.392. The maximum Gasteiger partial charge on any atom is 0.0621 e. The maximum atomic E-state index is 6.04. The van der Waals surface area contributed by atoms with E-state index >= 15 is 0 Å². The molecule has 3 heteroatoms. The van der Waals surface area contributed by atoms with E-state index in [9.17, 15) is 0 Å². The number of ether oxygens (including phenoxy) is 1. The van der Waals surface area contributed by atoms with Gasteiger partial charge in [0, 0.05) is 30.1 Å². The minimum Gasteiger partial charge on any atom is -0.384 e. The molecule has 5 rings (SSSR count). The molecule has 124 valence electrons. The Bertz CT molecular complexity index is 606. The number of likely N-dealkylation sites (tertiary alicyclic amines) is 1. The van der Waals surface area contributed by atoms with Gasteiger partial charge in [0.05, 0.1) is 12.2 Å². The lowest BCUT2D eigenvalue weighted by Gasteiger charge is -2.41. The topological polar surface area (TPSA) is 24.5 Å². The van der Waals surface area contributed by atoms with Crippen molar-refractivity contribution in [3.63, 3.8) is 0 Å². The Morgan fingerprint density at radius 2 is 2.13 bits per heavy atom. The van der Waals surface area contributed by atoms with Crippen LogP contribution >= 0.6 is 0 Å². The molecule has 23 heavy (non-hydrogen) atoms. The van der Waals surface area contributed by atoms with Gasteiger partial charge in [-0.05, 0) is 63.7 Å². The highest BCUT2D eigenvalue weighted by Gasteiger charge is 2.44. The quantitative estimate of drug-likeness (QED) is 0.906. The van der Waals surface area contributed by atoms with Crippen molar-refractivity contribution in [2.75, 3.05) is 31.5 Å². The Balaban J connectivity index is 1.26. The molecule has 3 unspecified atom stereocenters. The van der Waals surface area contributed by atoms with Crippen molar-refractivity contribution < 1.29 is 4.74 Å². The average Bonchev–Trinajstić information content (AvgIpc) is 3.25. The van der Waals surface area contributed by atoms with Crippen molar-refractivity contribution in [3.05, 3.63) is 29.3 Å². The predicted octanol–water partition coefficient (Wildman–Crippen LogP) is 3.32. The van der Waals surface area contributed by atoms with Crippen LogP contribution in [0.3, 0.4) is 0 Å². The highest BCUT2D eigenvalue weighted by molar-refractivity contribution is 5.61. The fourth-order valence-electron chi connectivity index (χ4n) is 5.49. The summed E-state index contributed by atoms with van der Waals surface area (Å²) >= 11 is 0. The van der Waals surface area contributed by atoms with Crippen LogP contribution < -0.4 is 5.32 Å². The number of piperidine rings is 1. The molecule has 1 aromatic rings. The minimum atomic E-state index is 0.392. The molecule has 1 spiro atoms. The number of aryl methyl sites for hydroxylation is 1. The lowest BCUT2D eigenvalue weighted by molar-refractivity contribution is 0.0768. The van der Waals surface area contributed by atoms with E-state index in [1.54, 1.807) is 5.56 Å². The second-order valence-electron chi connectivity index (χ2n) is 8.35. The summed E-state index contributed by atoms with van der Waals surface area (Å²) < 4.78 is 6.04. The van der Waals surface area contributed by atoms with E-state index in [4.69, 9.17) is 4.74 Å². The summed E-state index contributed by atoms with van der Waals surface area (Å²) in [5.41, 5.74) is 4.75. The number of hydrogen-bond donors (Lipinski definition) is 1. The highest BCUT2D eigenvalue weighted by Crippen LogP contribution is 2.45. The molecule has 4 aliphatic rings. The van der Waals surface area contributed by atoms with Crippen molar-refractivity contribution in [1.29, 1.82) is 0 Å². The normalized spacial score (nSPS) is 34.7. The van der Waals surface area contributed by atoms with Gasteiger partial charge < -0.3 is 15.0 Å². The van der Waals surface area contributed by atoms with E-state index in [0.717, 1.165) is 12.5 Å². The largest absolute Gasteiger partial charge is 0.384 e. The van der Waals surface area contributed by atoms with Gasteiger partial charge in [0.15, 0.2) is 0 Å². The number of fused-ring (bicyclic) bond motifs is 4. The molecule has 0 amide bonds. The molecule has 4 heterocycles. The Labute approximate surface area is 139 Å². The van der Waals surface area contributed by atoms with Crippen molar-refractivity contribution in [3.8, 4) is 0 Å². The predicted molar refractivity (Wildman–Crippen MR) is 93.0 cm³/mol. The first-order chi connectivity index (χ1) is 11.2. The molecule has 0 aliphatic carbocycles. The van der Waals surface area contributed by atoms with Crippen LogP contribution in [-0.2, 0) is 10.2 Å². The Kier molecular flexibility index (Phi) is 3.24. The lowest BCUT2D eigenvalue weighted by atomic mass is 9.73. The molecule has 0 radical (unpaired) electrons.